The van der Waals surface area contributed by atoms with Crippen molar-refractivity contribution in [2.24, 2.45) is 7.05 Å². The normalized spacial score (nSPS) is 12.6. The smallest absolute Gasteiger partial charge is 0.159 e. The van der Waals surface area contributed by atoms with E-state index in [0.717, 1.165) is 30.2 Å². The first-order valence-electron chi connectivity index (χ1n) is 6.22. The van der Waals surface area contributed by atoms with Gasteiger partial charge >= 0.3 is 0 Å². The number of aromatic nitrogens is 2. The summed E-state index contributed by atoms with van der Waals surface area (Å²) in [7, 11) is 1.88. The van der Waals surface area contributed by atoms with E-state index < -0.39 is 11.6 Å². The molecule has 0 aliphatic rings. The quantitative estimate of drug-likeness (QED) is 0.900. The van der Waals surface area contributed by atoms with Gasteiger partial charge in [-0.2, -0.15) is 5.10 Å². The van der Waals surface area contributed by atoms with Gasteiger partial charge in [0, 0.05) is 19.3 Å². The van der Waals surface area contributed by atoms with E-state index >= 15 is 0 Å². The van der Waals surface area contributed by atoms with Crippen LogP contribution in [0.1, 0.15) is 24.1 Å². The summed E-state index contributed by atoms with van der Waals surface area (Å²) in [5.41, 5.74) is 1.89. The molecule has 0 spiro atoms. The van der Waals surface area contributed by atoms with Crippen molar-refractivity contribution in [3.8, 4) is 0 Å². The fourth-order valence-corrected chi connectivity index (χ4v) is 1.93. The summed E-state index contributed by atoms with van der Waals surface area (Å²) in [4.78, 5) is 0. The average molecular weight is 265 g/mol. The van der Waals surface area contributed by atoms with E-state index in [1.807, 2.05) is 26.4 Å². The zero-order valence-corrected chi connectivity index (χ0v) is 11.0. The van der Waals surface area contributed by atoms with Crippen LogP contribution in [-0.2, 0) is 13.5 Å². The third kappa shape index (κ3) is 3.61. The SMILES string of the molecule is CC(NCCc1cnn(C)c1)c1ccc(F)c(F)c1. The summed E-state index contributed by atoms with van der Waals surface area (Å²) in [6, 6.07) is 3.97. The topological polar surface area (TPSA) is 29.9 Å². The Hall–Kier alpha value is -1.75. The number of nitrogens with zero attached hydrogens (tertiary/aromatic N) is 2. The van der Waals surface area contributed by atoms with Gasteiger partial charge in [-0.25, -0.2) is 8.78 Å². The molecule has 5 heteroatoms. The minimum atomic E-state index is -0.814. The van der Waals surface area contributed by atoms with Crippen LogP contribution < -0.4 is 5.32 Å². The molecule has 1 heterocycles. The molecule has 1 atom stereocenters. The second-order valence-electron chi connectivity index (χ2n) is 4.62. The molecule has 0 aliphatic heterocycles. The molecule has 0 saturated heterocycles. The molecule has 19 heavy (non-hydrogen) atoms. The highest BCUT2D eigenvalue weighted by molar-refractivity contribution is 5.20. The maximum Gasteiger partial charge on any atom is 0.159 e. The van der Waals surface area contributed by atoms with Gasteiger partial charge in [0.2, 0.25) is 0 Å². The number of halogens is 2. The van der Waals surface area contributed by atoms with Crippen LogP contribution in [0.4, 0.5) is 8.78 Å². The van der Waals surface area contributed by atoms with Gasteiger partial charge in [-0.05, 0) is 43.1 Å². The second kappa shape index (κ2) is 5.93. The van der Waals surface area contributed by atoms with E-state index in [1.165, 1.54) is 6.07 Å². The predicted molar refractivity (Wildman–Crippen MR) is 69.7 cm³/mol. The Labute approximate surface area is 111 Å². The number of aryl methyl sites for hydroxylation is 1. The molecule has 0 radical (unpaired) electrons. The van der Waals surface area contributed by atoms with Gasteiger partial charge in [0.1, 0.15) is 0 Å². The molecule has 1 aromatic heterocycles. The third-order valence-electron chi connectivity index (χ3n) is 3.07. The van der Waals surface area contributed by atoms with Crippen LogP contribution in [-0.4, -0.2) is 16.3 Å². The highest BCUT2D eigenvalue weighted by Crippen LogP contribution is 2.15. The number of hydrogen-bond acceptors (Lipinski definition) is 2. The summed E-state index contributed by atoms with van der Waals surface area (Å²) in [5.74, 6) is -1.62. The minimum Gasteiger partial charge on any atom is -0.310 e. The fourth-order valence-electron chi connectivity index (χ4n) is 1.93. The van der Waals surface area contributed by atoms with Crippen molar-refractivity contribution < 1.29 is 8.78 Å². The summed E-state index contributed by atoms with van der Waals surface area (Å²) < 4.78 is 27.7. The zero-order valence-electron chi connectivity index (χ0n) is 11.0. The molecular weight excluding hydrogens is 248 g/mol. The number of rotatable bonds is 5. The van der Waals surface area contributed by atoms with Crippen molar-refractivity contribution in [2.75, 3.05) is 6.54 Å². The van der Waals surface area contributed by atoms with Gasteiger partial charge in [-0.3, -0.25) is 4.68 Å². The van der Waals surface area contributed by atoms with Crippen LogP contribution in [0.25, 0.3) is 0 Å². The van der Waals surface area contributed by atoms with Gasteiger partial charge < -0.3 is 5.32 Å². The molecule has 2 rings (SSSR count). The Kier molecular flexibility index (Phi) is 4.27. The van der Waals surface area contributed by atoms with E-state index in [-0.39, 0.29) is 6.04 Å². The first-order valence-corrected chi connectivity index (χ1v) is 6.22. The van der Waals surface area contributed by atoms with Gasteiger partial charge in [0.15, 0.2) is 11.6 Å². The number of benzene rings is 1. The summed E-state index contributed by atoms with van der Waals surface area (Å²) >= 11 is 0. The van der Waals surface area contributed by atoms with Crippen molar-refractivity contribution in [2.45, 2.75) is 19.4 Å². The fraction of sp³-hybridized carbons (Fsp3) is 0.357. The van der Waals surface area contributed by atoms with Crippen molar-refractivity contribution >= 4 is 0 Å². The lowest BCUT2D eigenvalue weighted by atomic mass is 10.1. The molecule has 0 bridgehead atoms. The first kappa shape index (κ1) is 13.7. The Morgan fingerprint density at radius 3 is 2.74 bits per heavy atom. The van der Waals surface area contributed by atoms with Gasteiger partial charge in [0.05, 0.1) is 6.20 Å². The van der Waals surface area contributed by atoms with Crippen LogP contribution in [0.2, 0.25) is 0 Å². The Balaban J connectivity index is 1.86. The lowest BCUT2D eigenvalue weighted by Gasteiger charge is -2.14. The van der Waals surface area contributed by atoms with Crippen molar-refractivity contribution in [1.82, 2.24) is 15.1 Å². The molecule has 1 unspecified atom stereocenters. The molecule has 1 aromatic carbocycles. The van der Waals surface area contributed by atoms with E-state index in [9.17, 15) is 8.78 Å². The predicted octanol–water partition coefficient (Wildman–Crippen LogP) is 2.59. The van der Waals surface area contributed by atoms with Gasteiger partial charge in [0.25, 0.3) is 0 Å². The molecule has 0 amide bonds. The first-order chi connectivity index (χ1) is 9.06. The van der Waals surface area contributed by atoms with Crippen LogP contribution in [0.5, 0.6) is 0 Å². The molecule has 0 saturated carbocycles. The molecule has 102 valence electrons. The maximum atomic E-state index is 13.1. The van der Waals surface area contributed by atoms with E-state index in [2.05, 4.69) is 10.4 Å². The van der Waals surface area contributed by atoms with Crippen LogP contribution in [0, 0.1) is 11.6 Å². The molecule has 2 aromatic rings. The zero-order chi connectivity index (χ0) is 13.8. The van der Waals surface area contributed by atoms with Crippen LogP contribution in [0.15, 0.2) is 30.6 Å². The van der Waals surface area contributed by atoms with Crippen LogP contribution in [0.3, 0.4) is 0 Å². The van der Waals surface area contributed by atoms with Crippen molar-refractivity contribution in [3.63, 3.8) is 0 Å². The monoisotopic (exact) mass is 265 g/mol. The standard InChI is InChI=1S/C14H17F2N3/c1-10(12-3-4-13(15)14(16)7-12)17-6-5-11-8-18-19(2)9-11/h3-4,7-10,17H,5-6H2,1-2H3. The average Bonchev–Trinajstić information content (AvgIpc) is 2.78. The number of nitrogens with one attached hydrogen (secondary N) is 1. The number of hydrogen-bond donors (Lipinski definition) is 1. The van der Waals surface area contributed by atoms with E-state index in [0.29, 0.717) is 0 Å². The Bertz CT molecular complexity index is 551. The van der Waals surface area contributed by atoms with E-state index in [4.69, 9.17) is 0 Å². The van der Waals surface area contributed by atoms with Crippen LogP contribution >= 0.6 is 0 Å². The highest BCUT2D eigenvalue weighted by atomic mass is 19.2. The molecule has 1 N–H and O–H groups in total. The van der Waals surface area contributed by atoms with E-state index in [1.54, 1.807) is 10.7 Å². The Morgan fingerprint density at radius 1 is 1.32 bits per heavy atom. The Morgan fingerprint density at radius 2 is 2.11 bits per heavy atom. The second-order valence-corrected chi connectivity index (χ2v) is 4.62. The summed E-state index contributed by atoms with van der Waals surface area (Å²) in [6.07, 6.45) is 4.63. The minimum absolute atomic E-state index is 0.0215. The lowest BCUT2D eigenvalue weighted by molar-refractivity contribution is 0.501. The molecular formula is C14H17F2N3. The largest absolute Gasteiger partial charge is 0.310 e. The molecule has 0 fully saturated rings. The molecule has 3 nitrogen and oxygen atoms in total. The lowest BCUT2D eigenvalue weighted by Crippen LogP contribution is -2.21. The summed E-state index contributed by atoms with van der Waals surface area (Å²) in [6.45, 7) is 2.68. The maximum absolute atomic E-state index is 13.1. The third-order valence-corrected chi connectivity index (χ3v) is 3.07. The van der Waals surface area contributed by atoms with Gasteiger partial charge in [-0.15, -0.1) is 0 Å². The van der Waals surface area contributed by atoms with Crippen molar-refractivity contribution in [3.05, 3.63) is 53.4 Å². The summed E-state index contributed by atoms with van der Waals surface area (Å²) in [5, 5.41) is 7.37. The highest BCUT2D eigenvalue weighted by Gasteiger charge is 2.08. The molecule has 0 aliphatic carbocycles. The van der Waals surface area contributed by atoms with Gasteiger partial charge in [-0.1, -0.05) is 6.07 Å². The van der Waals surface area contributed by atoms with Crippen molar-refractivity contribution in [1.29, 1.82) is 0 Å².